The normalized spacial score (nSPS) is 30.8. The molecule has 0 aliphatic heterocycles. The van der Waals surface area contributed by atoms with Gasteiger partial charge in [0.1, 0.15) is 0 Å². The van der Waals surface area contributed by atoms with Gasteiger partial charge in [0.15, 0.2) is 0 Å². The van der Waals surface area contributed by atoms with Gasteiger partial charge in [-0.25, -0.2) is 0 Å². The minimum absolute atomic E-state index is 0.578. The third-order valence-electron chi connectivity index (χ3n) is 3.43. The summed E-state index contributed by atoms with van der Waals surface area (Å²) in [5.74, 6) is 0.638. The van der Waals surface area contributed by atoms with Crippen molar-refractivity contribution in [3.05, 3.63) is 33.8 Å². The van der Waals surface area contributed by atoms with Crippen LogP contribution in [0.1, 0.15) is 37.3 Å². The zero-order valence-electron chi connectivity index (χ0n) is 9.26. The first-order valence-electron chi connectivity index (χ1n) is 5.50. The summed E-state index contributed by atoms with van der Waals surface area (Å²) in [5, 5.41) is 10.5. The van der Waals surface area contributed by atoms with Crippen molar-refractivity contribution in [3.8, 4) is 0 Å². The van der Waals surface area contributed by atoms with Crippen LogP contribution in [0, 0.1) is 12.8 Å². The van der Waals surface area contributed by atoms with Crippen LogP contribution in [-0.4, -0.2) is 5.11 Å². The number of aliphatic hydroxyl groups is 1. The van der Waals surface area contributed by atoms with E-state index < -0.39 is 5.60 Å². The number of benzene rings is 1. The largest absolute Gasteiger partial charge is 0.385 e. The standard InChI is InChI=1S/C13H17BrO/c1-9-5-6-13(15,8-9)11-3-4-12(14)10(2)7-11/h3-4,7,9,15H,5-6,8H2,1-2H3/t9-,13-/m0/s1. The van der Waals surface area contributed by atoms with Crippen LogP contribution in [0.2, 0.25) is 0 Å². The van der Waals surface area contributed by atoms with Crippen LogP contribution in [0.15, 0.2) is 22.7 Å². The lowest BCUT2D eigenvalue weighted by molar-refractivity contribution is 0.0407. The molecule has 1 aromatic carbocycles. The Morgan fingerprint density at radius 2 is 2.20 bits per heavy atom. The molecular weight excluding hydrogens is 252 g/mol. The van der Waals surface area contributed by atoms with E-state index in [9.17, 15) is 5.11 Å². The van der Waals surface area contributed by atoms with E-state index in [1.807, 2.05) is 12.1 Å². The van der Waals surface area contributed by atoms with Crippen LogP contribution in [0.3, 0.4) is 0 Å². The van der Waals surface area contributed by atoms with Crippen molar-refractivity contribution in [2.24, 2.45) is 5.92 Å². The van der Waals surface area contributed by atoms with Gasteiger partial charge in [0.05, 0.1) is 5.60 Å². The van der Waals surface area contributed by atoms with Crippen LogP contribution in [0.25, 0.3) is 0 Å². The van der Waals surface area contributed by atoms with Crippen molar-refractivity contribution < 1.29 is 5.11 Å². The Morgan fingerprint density at radius 3 is 2.73 bits per heavy atom. The van der Waals surface area contributed by atoms with Gasteiger partial charge < -0.3 is 5.11 Å². The lowest BCUT2D eigenvalue weighted by Gasteiger charge is -2.23. The molecular formula is C13H17BrO. The first-order valence-corrected chi connectivity index (χ1v) is 6.29. The summed E-state index contributed by atoms with van der Waals surface area (Å²) in [4.78, 5) is 0. The van der Waals surface area contributed by atoms with Gasteiger partial charge >= 0.3 is 0 Å². The first-order chi connectivity index (χ1) is 7.01. The molecule has 0 spiro atoms. The Bertz CT molecular complexity index is 375. The second-order valence-electron chi connectivity index (χ2n) is 4.84. The Kier molecular flexibility index (Phi) is 2.91. The predicted molar refractivity (Wildman–Crippen MR) is 65.8 cm³/mol. The molecule has 0 bridgehead atoms. The maximum Gasteiger partial charge on any atom is 0.0899 e. The van der Waals surface area contributed by atoms with Crippen LogP contribution in [-0.2, 0) is 5.60 Å². The van der Waals surface area contributed by atoms with Gasteiger partial charge in [-0.05, 0) is 49.3 Å². The van der Waals surface area contributed by atoms with Crippen LogP contribution in [0.5, 0.6) is 0 Å². The second-order valence-corrected chi connectivity index (χ2v) is 5.70. The first kappa shape index (κ1) is 11.2. The number of hydrogen-bond donors (Lipinski definition) is 1. The molecule has 2 atom stereocenters. The van der Waals surface area contributed by atoms with Crippen molar-refractivity contribution in [2.45, 2.75) is 38.7 Å². The SMILES string of the molecule is Cc1cc([C@]2(O)CC[C@H](C)C2)ccc1Br. The monoisotopic (exact) mass is 268 g/mol. The van der Waals surface area contributed by atoms with Gasteiger partial charge in [0.2, 0.25) is 0 Å². The lowest BCUT2D eigenvalue weighted by atomic mass is 9.90. The van der Waals surface area contributed by atoms with Crippen molar-refractivity contribution >= 4 is 15.9 Å². The van der Waals surface area contributed by atoms with Gasteiger partial charge in [0, 0.05) is 4.47 Å². The molecule has 0 heterocycles. The van der Waals surface area contributed by atoms with Gasteiger partial charge in [-0.1, -0.05) is 35.0 Å². The van der Waals surface area contributed by atoms with E-state index in [4.69, 9.17) is 0 Å². The van der Waals surface area contributed by atoms with Crippen LogP contribution < -0.4 is 0 Å². The number of halogens is 1. The zero-order valence-corrected chi connectivity index (χ0v) is 10.8. The molecule has 1 fully saturated rings. The fraction of sp³-hybridized carbons (Fsp3) is 0.538. The average molecular weight is 269 g/mol. The minimum Gasteiger partial charge on any atom is -0.385 e. The molecule has 0 unspecified atom stereocenters. The number of hydrogen-bond acceptors (Lipinski definition) is 1. The Morgan fingerprint density at radius 1 is 1.47 bits per heavy atom. The fourth-order valence-electron chi connectivity index (χ4n) is 2.46. The molecule has 0 radical (unpaired) electrons. The highest BCUT2D eigenvalue weighted by atomic mass is 79.9. The van der Waals surface area contributed by atoms with Crippen LogP contribution >= 0.6 is 15.9 Å². The smallest absolute Gasteiger partial charge is 0.0899 e. The number of aryl methyl sites for hydroxylation is 1. The molecule has 2 heteroatoms. The molecule has 0 saturated heterocycles. The van der Waals surface area contributed by atoms with E-state index in [2.05, 4.69) is 35.8 Å². The Labute approximate surface area is 99.6 Å². The molecule has 1 N–H and O–H groups in total. The summed E-state index contributed by atoms with van der Waals surface area (Å²) in [6.45, 7) is 4.28. The highest BCUT2D eigenvalue weighted by Gasteiger charge is 2.36. The summed E-state index contributed by atoms with van der Waals surface area (Å²) < 4.78 is 1.11. The molecule has 1 aromatic rings. The fourth-order valence-corrected chi connectivity index (χ4v) is 2.71. The van der Waals surface area contributed by atoms with Crippen molar-refractivity contribution in [1.29, 1.82) is 0 Å². The Hall–Kier alpha value is -0.340. The summed E-state index contributed by atoms with van der Waals surface area (Å²) >= 11 is 3.49. The molecule has 0 aromatic heterocycles. The topological polar surface area (TPSA) is 20.2 Å². The van der Waals surface area contributed by atoms with Gasteiger partial charge in [-0.2, -0.15) is 0 Å². The molecule has 2 rings (SSSR count). The summed E-state index contributed by atoms with van der Waals surface area (Å²) in [5.41, 5.74) is 1.69. The highest BCUT2D eigenvalue weighted by Crippen LogP contribution is 2.42. The zero-order chi connectivity index (χ0) is 11.1. The molecule has 1 saturated carbocycles. The van der Waals surface area contributed by atoms with Gasteiger partial charge in [0.25, 0.3) is 0 Å². The lowest BCUT2D eigenvalue weighted by Crippen LogP contribution is -2.21. The van der Waals surface area contributed by atoms with E-state index in [0.717, 1.165) is 29.3 Å². The quantitative estimate of drug-likeness (QED) is 0.822. The molecule has 1 aliphatic rings. The van der Waals surface area contributed by atoms with E-state index in [1.165, 1.54) is 5.56 Å². The molecule has 82 valence electrons. The third-order valence-corrected chi connectivity index (χ3v) is 4.32. The molecule has 0 amide bonds. The second kappa shape index (κ2) is 3.91. The van der Waals surface area contributed by atoms with Gasteiger partial charge in [-0.15, -0.1) is 0 Å². The van der Waals surface area contributed by atoms with E-state index in [1.54, 1.807) is 0 Å². The van der Waals surface area contributed by atoms with E-state index >= 15 is 0 Å². The maximum absolute atomic E-state index is 10.5. The molecule has 1 aliphatic carbocycles. The van der Waals surface area contributed by atoms with Gasteiger partial charge in [-0.3, -0.25) is 0 Å². The van der Waals surface area contributed by atoms with E-state index in [0.29, 0.717) is 5.92 Å². The van der Waals surface area contributed by atoms with Crippen molar-refractivity contribution in [3.63, 3.8) is 0 Å². The molecule has 15 heavy (non-hydrogen) atoms. The average Bonchev–Trinajstić information content (AvgIpc) is 2.52. The molecule has 1 nitrogen and oxygen atoms in total. The summed E-state index contributed by atoms with van der Waals surface area (Å²) in [6.07, 6.45) is 2.93. The number of rotatable bonds is 1. The summed E-state index contributed by atoms with van der Waals surface area (Å²) in [6, 6.07) is 6.17. The highest BCUT2D eigenvalue weighted by molar-refractivity contribution is 9.10. The van der Waals surface area contributed by atoms with Crippen molar-refractivity contribution in [1.82, 2.24) is 0 Å². The Balaban J connectivity index is 2.33. The minimum atomic E-state index is -0.578. The van der Waals surface area contributed by atoms with Crippen LogP contribution in [0.4, 0.5) is 0 Å². The predicted octanol–water partition coefficient (Wildman–Crippen LogP) is 3.77. The van der Waals surface area contributed by atoms with E-state index in [-0.39, 0.29) is 0 Å². The van der Waals surface area contributed by atoms with Crippen molar-refractivity contribution in [2.75, 3.05) is 0 Å². The third kappa shape index (κ3) is 2.11. The summed E-state index contributed by atoms with van der Waals surface area (Å²) in [7, 11) is 0. The maximum atomic E-state index is 10.5.